The number of anilines is 1. The average molecular weight is 245 g/mol. The van der Waals surface area contributed by atoms with E-state index in [9.17, 15) is 9.90 Å². The normalized spacial score (nSPS) is 10.3. The van der Waals surface area contributed by atoms with Gasteiger partial charge in [0.2, 0.25) is 5.91 Å². The van der Waals surface area contributed by atoms with E-state index < -0.39 is 0 Å². The molecule has 0 saturated carbocycles. The Morgan fingerprint density at radius 1 is 1.50 bits per heavy atom. The maximum absolute atomic E-state index is 11.7. The summed E-state index contributed by atoms with van der Waals surface area (Å²) >= 11 is 0. The fourth-order valence-electron chi connectivity index (χ4n) is 1.61. The van der Waals surface area contributed by atoms with Gasteiger partial charge >= 0.3 is 0 Å². The fourth-order valence-corrected chi connectivity index (χ4v) is 1.61. The Morgan fingerprint density at radius 3 is 3.00 bits per heavy atom. The summed E-state index contributed by atoms with van der Waals surface area (Å²) in [4.78, 5) is 15.6. The van der Waals surface area contributed by atoms with Gasteiger partial charge in [-0.25, -0.2) is 4.98 Å². The van der Waals surface area contributed by atoms with E-state index in [4.69, 9.17) is 0 Å². The van der Waals surface area contributed by atoms with E-state index in [0.717, 1.165) is 5.56 Å². The first-order valence-electron chi connectivity index (χ1n) is 5.70. The Morgan fingerprint density at radius 2 is 2.33 bits per heavy atom. The molecule has 1 heterocycles. The van der Waals surface area contributed by atoms with Crippen LogP contribution in [0, 0.1) is 6.92 Å². The lowest BCUT2D eigenvalue weighted by molar-refractivity contribution is -0.116. The second-order valence-corrected chi connectivity index (χ2v) is 4.10. The molecule has 0 aliphatic carbocycles. The number of aromatic nitrogens is 2. The molecule has 2 N–H and O–H groups in total. The van der Waals surface area contributed by atoms with Crippen molar-refractivity contribution in [3.05, 3.63) is 42.5 Å². The van der Waals surface area contributed by atoms with Crippen LogP contribution in [0.2, 0.25) is 0 Å². The van der Waals surface area contributed by atoms with E-state index >= 15 is 0 Å². The second-order valence-electron chi connectivity index (χ2n) is 4.10. The molecular weight excluding hydrogens is 230 g/mol. The number of hydrogen-bond acceptors (Lipinski definition) is 3. The molecule has 0 atom stereocenters. The maximum Gasteiger partial charge on any atom is 0.226 e. The number of nitrogens with one attached hydrogen (secondary N) is 1. The van der Waals surface area contributed by atoms with Crippen LogP contribution < -0.4 is 5.32 Å². The molecule has 0 saturated heterocycles. The van der Waals surface area contributed by atoms with E-state index in [0.29, 0.717) is 18.7 Å². The maximum atomic E-state index is 11.7. The predicted molar refractivity (Wildman–Crippen MR) is 68.3 cm³/mol. The van der Waals surface area contributed by atoms with E-state index in [2.05, 4.69) is 10.3 Å². The van der Waals surface area contributed by atoms with Crippen LogP contribution in [0.15, 0.2) is 36.9 Å². The SMILES string of the molecule is Cc1cc(NC(=O)CCn2ccnc2)ccc1O. The van der Waals surface area contributed by atoms with Crippen molar-refractivity contribution in [2.75, 3.05) is 5.32 Å². The zero-order valence-corrected chi connectivity index (χ0v) is 10.1. The first-order valence-corrected chi connectivity index (χ1v) is 5.70. The number of aryl methyl sites for hydroxylation is 2. The van der Waals surface area contributed by atoms with Crippen molar-refractivity contribution >= 4 is 11.6 Å². The number of amides is 1. The summed E-state index contributed by atoms with van der Waals surface area (Å²) in [5.41, 5.74) is 1.43. The van der Waals surface area contributed by atoms with Crippen LogP contribution in [0.3, 0.4) is 0 Å². The van der Waals surface area contributed by atoms with Crippen LogP contribution in [0.5, 0.6) is 5.75 Å². The molecule has 18 heavy (non-hydrogen) atoms. The molecule has 0 aliphatic rings. The minimum atomic E-state index is -0.0613. The number of imidazole rings is 1. The van der Waals surface area contributed by atoms with Gasteiger partial charge in [-0.05, 0) is 30.7 Å². The van der Waals surface area contributed by atoms with Crippen molar-refractivity contribution in [3.63, 3.8) is 0 Å². The van der Waals surface area contributed by atoms with Crippen molar-refractivity contribution in [2.45, 2.75) is 19.9 Å². The molecule has 0 spiro atoms. The van der Waals surface area contributed by atoms with E-state index in [1.807, 2.05) is 10.8 Å². The van der Waals surface area contributed by atoms with Crippen molar-refractivity contribution in [2.24, 2.45) is 0 Å². The van der Waals surface area contributed by atoms with Gasteiger partial charge in [-0.3, -0.25) is 4.79 Å². The highest BCUT2D eigenvalue weighted by Gasteiger charge is 2.04. The number of nitrogens with zero attached hydrogens (tertiary/aromatic N) is 2. The smallest absolute Gasteiger partial charge is 0.226 e. The third kappa shape index (κ3) is 3.10. The molecule has 94 valence electrons. The number of phenolic OH excluding ortho intramolecular Hbond substituents is 1. The Hall–Kier alpha value is -2.30. The van der Waals surface area contributed by atoms with Gasteiger partial charge in [0, 0.05) is 31.0 Å². The van der Waals surface area contributed by atoms with Crippen molar-refractivity contribution < 1.29 is 9.90 Å². The molecule has 1 aromatic heterocycles. The molecule has 0 aliphatic heterocycles. The topological polar surface area (TPSA) is 67.2 Å². The van der Waals surface area contributed by atoms with E-state index in [-0.39, 0.29) is 11.7 Å². The van der Waals surface area contributed by atoms with Gasteiger partial charge in [-0.1, -0.05) is 0 Å². The Labute approximate surface area is 105 Å². The molecule has 1 aromatic carbocycles. The highest BCUT2D eigenvalue weighted by molar-refractivity contribution is 5.90. The van der Waals surface area contributed by atoms with Gasteiger partial charge in [0.25, 0.3) is 0 Å². The highest BCUT2D eigenvalue weighted by Crippen LogP contribution is 2.20. The van der Waals surface area contributed by atoms with Crippen LogP contribution in [-0.4, -0.2) is 20.6 Å². The van der Waals surface area contributed by atoms with Crippen LogP contribution in [0.25, 0.3) is 0 Å². The van der Waals surface area contributed by atoms with Crippen molar-refractivity contribution in [1.29, 1.82) is 0 Å². The molecule has 0 radical (unpaired) electrons. The molecule has 0 bridgehead atoms. The molecule has 0 fully saturated rings. The molecule has 2 rings (SSSR count). The van der Waals surface area contributed by atoms with Crippen LogP contribution in [0.1, 0.15) is 12.0 Å². The minimum absolute atomic E-state index is 0.0613. The van der Waals surface area contributed by atoms with Crippen LogP contribution in [-0.2, 0) is 11.3 Å². The first kappa shape index (κ1) is 12.2. The molecule has 5 nitrogen and oxygen atoms in total. The summed E-state index contributed by atoms with van der Waals surface area (Å²) < 4.78 is 1.85. The van der Waals surface area contributed by atoms with Gasteiger partial charge in [0.1, 0.15) is 5.75 Å². The van der Waals surface area contributed by atoms with Crippen LogP contribution in [0.4, 0.5) is 5.69 Å². The largest absolute Gasteiger partial charge is 0.508 e. The number of phenols is 1. The lowest BCUT2D eigenvalue weighted by Crippen LogP contribution is -2.14. The summed E-state index contributed by atoms with van der Waals surface area (Å²) in [6, 6.07) is 4.99. The van der Waals surface area contributed by atoms with Crippen LogP contribution >= 0.6 is 0 Å². The predicted octanol–water partition coefficient (Wildman–Crippen LogP) is 1.93. The molecule has 0 unspecified atom stereocenters. The summed E-state index contributed by atoms with van der Waals surface area (Å²) in [7, 11) is 0. The quantitative estimate of drug-likeness (QED) is 0.809. The van der Waals surface area contributed by atoms with Gasteiger partial charge in [0.15, 0.2) is 0 Å². The molecule has 2 aromatic rings. The van der Waals surface area contributed by atoms with E-state index in [1.165, 1.54) is 0 Å². The lowest BCUT2D eigenvalue weighted by Gasteiger charge is -2.07. The monoisotopic (exact) mass is 245 g/mol. The number of carbonyl (C=O) groups excluding carboxylic acids is 1. The third-order valence-electron chi connectivity index (χ3n) is 2.64. The standard InChI is InChI=1S/C13H15N3O2/c1-10-8-11(2-3-12(10)17)15-13(18)4-6-16-7-5-14-9-16/h2-3,5,7-9,17H,4,6H2,1H3,(H,15,18). The minimum Gasteiger partial charge on any atom is -0.508 e. The molecular formula is C13H15N3O2. The third-order valence-corrected chi connectivity index (χ3v) is 2.64. The van der Waals surface area contributed by atoms with E-state index in [1.54, 1.807) is 37.6 Å². The van der Waals surface area contributed by atoms with Gasteiger partial charge < -0.3 is 15.0 Å². The van der Waals surface area contributed by atoms with Crippen molar-refractivity contribution in [1.82, 2.24) is 9.55 Å². The average Bonchev–Trinajstić information content (AvgIpc) is 2.84. The van der Waals surface area contributed by atoms with Crippen molar-refractivity contribution in [3.8, 4) is 5.75 Å². The summed E-state index contributed by atoms with van der Waals surface area (Å²) in [6.45, 7) is 2.39. The Balaban J connectivity index is 1.88. The number of hydrogen-bond donors (Lipinski definition) is 2. The zero-order chi connectivity index (χ0) is 13.0. The number of benzene rings is 1. The second kappa shape index (κ2) is 5.35. The molecule has 5 heteroatoms. The fraction of sp³-hybridized carbons (Fsp3) is 0.231. The summed E-state index contributed by atoms with van der Waals surface area (Å²) in [5, 5.41) is 12.2. The molecule has 1 amide bonds. The summed E-state index contributed by atoms with van der Waals surface area (Å²) in [5.74, 6) is 0.167. The Bertz CT molecular complexity index is 535. The highest BCUT2D eigenvalue weighted by atomic mass is 16.3. The van der Waals surface area contributed by atoms with Gasteiger partial charge in [-0.15, -0.1) is 0 Å². The first-order chi connectivity index (χ1) is 8.65. The Kier molecular flexibility index (Phi) is 3.62. The number of carbonyl (C=O) groups is 1. The van der Waals surface area contributed by atoms with Gasteiger partial charge in [0.05, 0.1) is 6.33 Å². The summed E-state index contributed by atoms with van der Waals surface area (Å²) in [6.07, 6.45) is 5.56. The lowest BCUT2D eigenvalue weighted by atomic mass is 10.2. The number of rotatable bonds is 4. The van der Waals surface area contributed by atoms with Gasteiger partial charge in [-0.2, -0.15) is 0 Å². The number of aromatic hydroxyl groups is 1. The zero-order valence-electron chi connectivity index (χ0n) is 10.1.